The summed E-state index contributed by atoms with van der Waals surface area (Å²) < 4.78 is 3.64. The number of benzene rings is 1. The molecule has 1 amide bonds. The van der Waals surface area contributed by atoms with E-state index in [4.69, 9.17) is 39.5 Å². The van der Waals surface area contributed by atoms with Crippen molar-refractivity contribution < 1.29 is 19.2 Å². The molecule has 1 atom stereocenters. The molecule has 0 bridgehead atoms. The molecule has 0 heterocycles. The minimum Gasteiger partial charge on any atom is -0.455 e. The van der Waals surface area contributed by atoms with E-state index >= 15 is 0 Å². The Hall–Kier alpha value is -1.57. The van der Waals surface area contributed by atoms with Crippen LogP contribution in [0.2, 0.25) is 5.02 Å². The Balaban J connectivity index is 1.97. The number of nitrogens with zero attached hydrogens (tertiary/aromatic N) is 1. The Bertz CT molecular complexity index is 694. The number of rotatable bonds is 5. The van der Waals surface area contributed by atoms with Crippen molar-refractivity contribution >= 4 is 58.1 Å². The molecule has 7 nitrogen and oxygen atoms in total. The summed E-state index contributed by atoms with van der Waals surface area (Å²) in [6.07, 6.45) is 0.226. The molecule has 1 fully saturated rings. The summed E-state index contributed by atoms with van der Waals surface area (Å²) in [5, 5.41) is 13.4. The molecule has 1 aromatic rings. The summed E-state index contributed by atoms with van der Waals surface area (Å²) in [5.74, 6) is -1.46. The first-order valence-electron chi connectivity index (χ1n) is 6.36. The Morgan fingerprint density at radius 3 is 2.57 bits per heavy atom. The quantitative estimate of drug-likeness (QED) is 0.365. The number of ether oxygens (including phenoxy) is 1. The molecule has 0 aliphatic heterocycles. The maximum atomic E-state index is 11.8. The molecule has 0 unspecified atom stereocenters. The van der Waals surface area contributed by atoms with Gasteiger partial charge in [0.15, 0.2) is 6.61 Å². The highest BCUT2D eigenvalue weighted by atomic mass is 35.5. The maximum absolute atomic E-state index is 11.8. The van der Waals surface area contributed by atoms with Gasteiger partial charge in [-0.05, 0) is 19.1 Å². The molecule has 0 radical (unpaired) electrons. The van der Waals surface area contributed by atoms with Crippen LogP contribution in [0.3, 0.4) is 0 Å². The molecular formula is C13H11Cl3N2O5. The van der Waals surface area contributed by atoms with Crippen molar-refractivity contribution in [3.05, 3.63) is 33.3 Å². The number of nitrogens with one attached hydrogen (secondary N) is 1. The predicted molar refractivity (Wildman–Crippen MR) is 84.9 cm³/mol. The van der Waals surface area contributed by atoms with Crippen molar-refractivity contribution in [3.8, 4) is 0 Å². The molecule has 2 rings (SSSR count). The fraction of sp³-hybridized carbons (Fsp3) is 0.385. The van der Waals surface area contributed by atoms with Crippen LogP contribution in [0.25, 0.3) is 0 Å². The van der Waals surface area contributed by atoms with Crippen LogP contribution in [0, 0.1) is 15.5 Å². The highest BCUT2D eigenvalue weighted by molar-refractivity contribution is 6.53. The van der Waals surface area contributed by atoms with Crippen LogP contribution in [0.1, 0.15) is 13.3 Å². The van der Waals surface area contributed by atoms with E-state index < -0.39 is 33.2 Å². The summed E-state index contributed by atoms with van der Waals surface area (Å²) in [7, 11) is 0. The average molecular weight is 382 g/mol. The first kappa shape index (κ1) is 17.8. The fourth-order valence-corrected chi connectivity index (χ4v) is 2.73. The van der Waals surface area contributed by atoms with E-state index in [9.17, 15) is 19.7 Å². The van der Waals surface area contributed by atoms with Gasteiger partial charge in [-0.15, -0.1) is 23.2 Å². The van der Waals surface area contributed by atoms with Gasteiger partial charge >= 0.3 is 5.97 Å². The second kappa shape index (κ2) is 6.14. The van der Waals surface area contributed by atoms with E-state index in [-0.39, 0.29) is 22.8 Å². The molecule has 10 heteroatoms. The molecule has 124 valence electrons. The lowest BCUT2D eigenvalue weighted by Crippen LogP contribution is -2.27. The molecule has 1 N–H and O–H groups in total. The molecule has 1 saturated carbocycles. The summed E-state index contributed by atoms with van der Waals surface area (Å²) in [6, 6.07) is 3.71. The van der Waals surface area contributed by atoms with Crippen molar-refractivity contribution in [1.29, 1.82) is 0 Å². The topological polar surface area (TPSA) is 98.5 Å². The van der Waals surface area contributed by atoms with Crippen LogP contribution >= 0.6 is 34.8 Å². The highest BCUT2D eigenvalue weighted by Gasteiger charge is 2.69. The lowest BCUT2D eigenvalue weighted by Gasteiger charge is -2.12. The van der Waals surface area contributed by atoms with Gasteiger partial charge in [-0.3, -0.25) is 19.7 Å². The number of hydrogen-bond donors (Lipinski definition) is 1. The zero-order chi connectivity index (χ0) is 17.4. The molecule has 0 aromatic heterocycles. The van der Waals surface area contributed by atoms with Gasteiger partial charge in [0.1, 0.15) is 15.4 Å². The van der Waals surface area contributed by atoms with Gasteiger partial charge in [0.25, 0.3) is 11.6 Å². The summed E-state index contributed by atoms with van der Waals surface area (Å²) in [6.45, 7) is 0.900. The number of anilines is 1. The van der Waals surface area contributed by atoms with Crippen molar-refractivity contribution in [3.63, 3.8) is 0 Å². The van der Waals surface area contributed by atoms with E-state index in [1.807, 2.05) is 0 Å². The van der Waals surface area contributed by atoms with Gasteiger partial charge in [-0.25, -0.2) is 0 Å². The molecule has 1 aliphatic carbocycles. The lowest BCUT2D eigenvalue weighted by molar-refractivity contribution is -0.383. The Kier molecular flexibility index (Phi) is 4.75. The standard InChI is InChI=1S/C13H11Cl3N2O5/c1-12(6-13(12,15)16)11(20)23-5-10(19)17-8-4-7(14)2-3-9(8)18(21)22/h2-4H,5-6H2,1H3,(H,17,19)/t12-/m1/s1. The second-order valence-electron chi connectivity index (χ2n) is 5.26. The van der Waals surface area contributed by atoms with Crippen molar-refractivity contribution in [2.75, 3.05) is 11.9 Å². The number of esters is 1. The van der Waals surface area contributed by atoms with Crippen LogP contribution in [0.5, 0.6) is 0 Å². The molecule has 0 spiro atoms. The van der Waals surface area contributed by atoms with E-state index in [0.717, 1.165) is 6.07 Å². The molecule has 23 heavy (non-hydrogen) atoms. The van der Waals surface area contributed by atoms with Gasteiger partial charge in [0, 0.05) is 17.5 Å². The van der Waals surface area contributed by atoms with Crippen LogP contribution < -0.4 is 5.32 Å². The van der Waals surface area contributed by atoms with Gasteiger partial charge < -0.3 is 10.1 Å². The number of nitro groups is 1. The average Bonchev–Trinajstić information content (AvgIpc) is 2.96. The third kappa shape index (κ3) is 3.68. The minimum atomic E-state index is -1.20. The lowest BCUT2D eigenvalue weighted by atomic mass is 10.1. The van der Waals surface area contributed by atoms with Crippen LogP contribution in [0.15, 0.2) is 18.2 Å². The van der Waals surface area contributed by atoms with Crippen molar-refractivity contribution in [1.82, 2.24) is 0 Å². The smallest absolute Gasteiger partial charge is 0.315 e. The zero-order valence-electron chi connectivity index (χ0n) is 11.8. The number of halogens is 3. The normalized spacial score (nSPS) is 21.4. The third-order valence-corrected chi connectivity index (χ3v) is 4.81. The molecule has 0 saturated heterocycles. The molecule has 1 aliphatic rings. The van der Waals surface area contributed by atoms with Crippen LogP contribution in [-0.4, -0.2) is 27.7 Å². The predicted octanol–water partition coefficient (Wildman–Crippen LogP) is 3.31. The minimum absolute atomic E-state index is 0.0924. The van der Waals surface area contributed by atoms with Gasteiger partial charge in [0.2, 0.25) is 0 Å². The van der Waals surface area contributed by atoms with Crippen LogP contribution in [0.4, 0.5) is 11.4 Å². The summed E-state index contributed by atoms with van der Waals surface area (Å²) in [5.41, 5.74) is -1.48. The van der Waals surface area contributed by atoms with E-state index in [0.29, 0.717) is 0 Å². The Morgan fingerprint density at radius 2 is 2.04 bits per heavy atom. The highest BCUT2D eigenvalue weighted by Crippen LogP contribution is 2.64. The first-order valence-corrected chi connectivity index (χ1v) is 7.49. The largest absolute Gasteiger partial charge is 0.455 e. The number of amides is 1. The van der Waals surface area contributed by atoms with Crippen molar-refractivity contribution in [2.24, 2.45) is 5.41 Å². The number of carbonyl (C=O) groups excluding carboxylic acids is 2. The fourth-order valence-electron chi connectivity index (χ4n) is 1.87. The monoisotopic (exact) mass is 380 g/mol. The van der Waals surface area contributed by atoms with E-state index in [1.54, 1.807) is 0 Å². The number of hydrogen-bond acceptors (Lipinski definition) is 5. The Morgan fingerprint density at radius 1 is 1.43 bits per heavy atom. The SMILES string of the molecule is C[C@]1(C(=O)OCC(=O)Nc2cc(Cl)ccc2[N+](=O)[O-])CC1(Cl)Cl. The molecular weight excluding hydrogens is 371 g/mol. The van der Waals surface area contributed by atoms with E-state index in [1.165, 1.54) is 19.1 Å². The van der Waals surface area contributed by atoms with Crippen LogP contribution in [-0.2, 0) is 14.3 Å². The second-order valence-corrected chi connectivity index (χ2v) is 7.18. The van der Waals surface area contributed by atoms with E-state index in [2.05, 4.69) is 5.32 Å². The number of nitro benzene ring substituents is 1. The number of carbonyl (C=O) groups is 2. The zero-order valence-corrected chi connectivity index (χ0v) is 14.0. The Labute approximate surface area is 146 Å². The summed E-state index contributed by atoms with van der Waals surface area (Å²) >= 11 is 17.4. The van der Waals surface area contributed by atoms with Gasteiger partial charge in [-0.1, -0.05) is 11.6 Å². The number of alkyl halides is 2. The maximum Gasteiger partial charge on any atom is 0.315 e. The van der Waals surface area contributed by atoms with Crippen molar-refractivity contribution in [2.45, 2.75) is 17.7 Å². The molecule has 1 aromatic carbocycles. The third-order valence-electron chi connectivity index (χ3n) is 3.47. The summed E-state index contributed by atoms with van der Waals surface area (Å²) in [4.78, 5) is 33.8. The van der Waals surface area contributed by atoms with Gasteiger partial charge in [-0.2, -0.15) is 0 Å². The van der Waals surface area contributed by atoms with Gasteiger partial charge in [0.05, 0.1) is 4.92 Å². The first-order chi connectivity index (χ1) is 10.6.